The van der Waals surface area contributed by atoms with Crippen molar-refractivity contribution in [2.75, 3.05) is 0 Å². The summed E-state index contributed by atoms with van der Waals surface area (Å²) < 4.78 is 18.1. The lowest BCUT2D eigenvalue weighted by Crippen LogP contribution is -2.47. The molecule has 24 heavy (non-hydrogen) atoms. The van der Waals surface area contributed by atoms with E-state index >= 15 is 0 Å². The average molecular weight is 332 g/mol. The summed E-state index contributed by atoms with van der Waals surface area (Å²) in [4.78, 5) is 23.6. The number of hydrazine groups is 1. The van der Waals surface area contributed by atoms with Gasteiger partial charge < -0.3 is 9.84 Å². The van der Waals surface area contributed by atoms with Crippen LogP contribution in [0.2, 0.25) is 0 Å². The highest BCUT2D eigenvalue weighted by Gasteiger charge is 2.16. The van der Waals surface area contributed by atoms with Crippen LogP contribution in [0.3, 0.4) is 0 Å². The van der Waals surface area contributed by atoms with E-state index in [1.54, 1.807) is 18.2 Å². The normalized spacial score (nSPS) is 11.4. The van der Waals surface area contributed by atoms with E-state index in [4.69, 9.17) is 4.74 Å². The number of rotatable bonds is 5. The van der Waals surface area contributed by atoms with Gasteiger partial charge in [-0.15, -0.1) is 0 Å². The smallest absolute Gasteiger partial charge is 0.279 e. The molecular formula is C17H17FN2O4. The van der Waals surface area contributed by atoms with E-state index in [2.05, 4.69) is 10.9 Å². The monoisotopic (exact) mass is 332 g/mol. The molecule has 0 bridgehead atoms. The van der Waals surface area contributed by atoms with E-state index in [-0.39, 0.29) is 12.2 Å². The van der Waals surface area contributed by atoms with E-state index in [1.807, 2.05) is 0 Å². The van der Waals surface area contributed by atoms with E-state index < -0.39 is 23.7 Å². The highest BCUT2D eigenvalue weighted by Crippen LogP contribution is 2.15. The van der Waals surface area contributed by atoms with Gasteiger partial charge in [-0.25, -0.2) is 4.39 Å². The Labute approximate surface area is 138 Å². The second kappa shape index (κ2) is 7.96. The van der Waals surface area contributed by atoms with Crippen LogP contribution in [0.1, 0.15) is 12.5 Å². The summed E-state index contributed by atoms with van der Waals surface area (Å²) in [5.41, 5.74) is 4.92. The third kappa shape index (κ3) is 4.98. The van der Waals surface area contributed by atoms with Crippen molar-refractivity contribution in [2.45, 2.75) is 19.4 Å². The topological polar surface area (TPSA) is 87.7 Å². The molecule has 0 fully saturated rings. The second-order valence-corrected chi connectivity index (χ2v) is 5.06. The van der Waals surface area contributed by atoms with Gasteiger partial charge in [0.15, 0.2) is 6.10 Å². The van der Waals surface area contributed by atoms with Gasteiger partial charge in [0, 0.05) is 5.56 Å². The van der Waals surface area contributed by atoms with Crippen molar-refractivity contribution in [1.29, 1.82) is 0 Å². The molecule has 3 N–H and O–H groups in total. The fourth-order valence-electron chi connectivity index (χ4n) is 1.88. The number of ether oxygens (including phenoxy) is 1. The molecule has 7 heteroatoms. The predicted octanol–water partition coefficient (Wildman–Crippen LogP) is 1.69. The van der Waals surface area contributed by atoms with Gasteiger partial charge in [0.05, 0.1) is 6.42 Å². The number of carbonyl (C=O) groups is 2. The Morgan fingerprint density at radius 1 is 1.12 bits per heavy atom. The molecule has 0 heterocycles. The van der Waals surface area contributed by atoms with Crippen molar-refractivity contribution in [1.82, 2.24) is 10.9 Å². The van der Waals surface area contributed by atoms with Gasteiger partial charge in [-0.05, 0) is 37.3 Å². The Bertz CT molecular complexity index is 719. The first-order valence-electron chi connectivity index (χ1n) is 7.23. The summed E-state index contributed by atoms with van der Waals surface area (Å²) in [7, 11) is 0. The van der Waals surface area contributed by atoms with Crippen molar-refractivity contribution >= 4 is 11.8 Å². The Hall–Kier alpha value is -3.09. The maximum absolute atomic E-state index is 12.8. The molecule has 0 saturated heterocycles. The Kier molecular flexibility index (Phi) is 5.73. The summed E-state index contributed by atoms with van der Waals surface area (Å²) in [5, 5.41) is 9.59. The number of phenols is 1. The molecule has 6 nitrogen and oxygen atoms in total. The first-order valence-corrected chi connectivity index (χ1v) is 7.23. The van der Waals surface area contributed by atoms with Crippen molar-refractivity contribution in [3.63, 3.8) is 0 Å². The van der Waals surface area contributed by atoms with Gasteiger partial charge in [-0.3, -0.25) is 20.4 Å². The van der Waals surface area contributed by atoms with Gasteiger partial charge in [0.1, 0.15) is 17.3 Å². The molecule has 2 aromatic rings. The number of nitrogens with one attached hydrogen (secondary N) is 2. The Morgan fingerprint density at radius 3 is 2.46 bits per heavy atom. The molecule has 2 aromatic carbocycles. The summed E-state index contributed by atoms with van der Waals surface area (Å²) in [5.74, 6) is -1.12. The molecule has 0 spiro atoms. The van der Waals surface area contributed by atoms with Gasteiger partial charge >= 0.3 is 0 Å². The Balaban J connectivity index is 1.80. The van der Waals surface area contributed by atoms with Gasteiger partial charge in [-0.1, -0.05) is 18.2 Å². The van der Waals surface area contributed by atoms with Crippen LogP contribution in [0.15, 0.2) is 48.5 Å². The van der Waals surface area contributed by atoms with Crippen LogP contribution in [-0.2, 0) is 16.0 Å². The standard InChI is InChI=1S/C17H17FN2O4/c1-11(24-14-8-6-13(18)7-9-14)17(23)20-19-16(22)10-12-4-2-3-5-15(12)21/h2-9,11,21H,10H2,1H3,(H,19,22)(H,20,23). The van der Waals surface area contributed by atoms with E-state index in [0.717, 1.165) is 0 Å². The zero-order valence-electron chi connectivity index (χ0n) is 13.0. The molecule has 1 atom stereocenters. The van der Waals surface area contributed by atoms with Crippen LogP contribution in [0, 0.1) is 5.82 Å². The van der Waals surface area contributed by atoms with Crippen molar-refractivity contribution in [3.8, 4) is 11.5 Å². The highest BCUT2D eigenvalue weighted by molar-refractivity contribution is 5.85. The first-order chi connectivity index (χ1) is 11.5. The quantitative estimate of drug-likeness (QED) is 0.727. The van der Waals surface area contributed by atoms with E-state index in [9.17, 15) is 19.1 Å². The number of benzene rings is 2. The van der Waals surface area contributed by atoms with Crippen molar-refractivity contribution < 1.29 is 23.8 Å². The van der Waals surface area contributed by atoms with Crippen LogP contribution >= 0.6 is 0 Å². The minimum absolute atomic E-state index is 0.00647. The Morgan fingerprint density at radius 2 is 1.79 bits per heavy atom. The lowest BCUT2D eigenvalue weighted by atomic mass is 10.1. The molecule has 0 aliphatic rings. The number of amides is 2. The van der Waals surface area contributed by atoms with Crippen LogP contribution < -0.4 is 15.6 Å². The molecule has 0 aromatic heterocycles. The van der Waals surface area contributed by atoms with Crippen LogP contribution in [-0.4, -0.2) is 23.0 Å². The molecular weight excluding hydrogens is 315 g/mol. The number of carbonyl (C=O) groups excluding carboxylic acids is 2. The average Bonchev–Trinajstić information content (AvgIpc) is 2.57. The maximum Gasteiger partial charge on any atom is 0.279 e. The van der Waals surface area contributed by atoms with Gasteiger partial charge in [-0.2, -0.15) is 0 Å². The molecule has 0 aliphatic heterocycles. The highest BCUT2D eigenvalue weighted by atomic mass is 19.1. The fourth-order valence-corrected chi connectivity index (χ4v) is 1.88. The number of hydrogen-bond donors (Lipinski definition) is 3. The van der Waals surface area contributed by atoms with Crippen molar-refractivity contribution in [3.05, 3.63) is 59.9 Å². The van der Waals surface area contributed by atoms with Crippen molar-refractivity contribution in [2.24, 2.45) is 0 Å². The molecule has 0 aliphatic carbocycles. The van der Waals surface area contributed by atoms with Crippen LogP contribution in [0.4, 0.5) is 4.39 Å². The van der Waals surface area contributed by atoms with E-state index in [1.165, 1.54) is 37.3 Å². The number of halogens is 1. The predicted molar refractivity (Wildman–Crippen MR) is 84.6 cm³/mol. The summed E-state index contributed by atoms with van der Waals surface area (Å²) >= 11 is 0. The van der Waals surface area contributed by atoms with E-state index in [0.29, 0.717) is 11.3 Å². The molecule has 0 radical (unpaired) electrons. The molecule has 2 amide bonds. The molecule has 2 rings (SSSR count). The molecule has 126 valence electrons. The third-order valence-corrected chi connectivity index (χ3v) is 3.16. The van der Waals surface area contributed by atoms with Gasteiger partial charge in [0.2, 0.25) is 5.91 Å². The third-order valence-electron chi connectivity index (χ3n) is 3.16. The fraction of sp³-hybridized carbons (Fsp3) is 0.176. The number of para-hydroxylation sites is 1. The number of hydrogen-bond acceptors (Lipinski definition) is 4. The number of phenolic OH excluding ortho intramolecular Hbond substituents is 1. The summed E-state index contributed by atoms with van der Waals surface area (Å²) in [6, 6.07) is 11.7. The summed E-state index contributed by atoms with van der Waals surface area (Å²) in [6.45, 7) is 1.49. The lowest BCUT2D eigenvalue weighted by molar-refractivity contribution is -0.132. The SMILES string of the molecule is CC(Oc1ccc(F)cc1)C(=O)NNC(=O)Cc1ccccc1O. The first kappa shape index (κ1) is 17.3. The number of aromatic hydroxyl groups is 1. The zero-order chi connectivity index (χ0) is 17.5. The molecule has 0 saturated carbocycles. The minimum atomic E-state index is -0.888. The zero-order valence-corrected chi connectivity index (χ0v) is 13.0. The minimum Gasteiger partial charge on any atom is -0.508 e. The van der Waals surface area contributed by atoms with Gasteiger partial charge in [0.25, 0.3) is 5.91 Å². The molecule has 1 unspecified atom stereocenters. The maximum atomic E-state index is 12.8. The second-order valence-electron chi connectivity index (χ2n) is 5.06. The van der Waals surface area contributed by atoms with Crippen LogP contribution in [0.25, 0.3) is 0 Å². The van der Waals surface area contributed by atoms with Crippen LogP contribution in [0.5, 0.6) is 11.5 Å². The largest absolute Gasteiger partial charge is 0.508 e. The summed E-state index contributed by atoms with van der Waals surface area (Å²) in [6.07, 6.45) is -0.971. The lowest BCUT2D eigenvalue weighted by Gasteiger charge is -2.15.